The van der Waals surface area contributed by atoms with E-state index >= 15 is 0 Å². The molecule has 1 saturated heterocycles. The molecule has 0 aromatic carbocycles. The Kier molecular flexibility index (Phi) is 4.10. The number of allylic oxidation sites excluding steroid dienone is 3. The van der Waals surface area contributed by atoms with Gasteiger partial charge in [-0.05, 0) is 57.1 Å². The van der Waals surface area contributed by atoms with Gasteiger partial charge >= 0.3 is 5.97 Å². The normalized spacial score (nSPS) is 32.5. The van der Waals surface area contributed by atoms with Gasteiger partial charge in [0, 0.05) is 0 Å². The van der Waals surface area contributed by atoms with Crippen LogP contribution in [-0.4, -0.2) is 24.3 Å². The van der Waals surface area contributed by atoms with E-state index in [1.165, 1.54) is 30.4 Å². The van der Waals surface area contributed by atoms with Crippen LogP contribution in [0.1, 0.15) is 53.9 Å². The summed E-state index contributed by atoms with van der Waals surface area (Å²) in [5.74, 6) is -0.256. The quantitative estimate of drug-likeness (QED) is 0.580. The zero-order valence-corrected chi connectivity index (χ0v) is 13.3. The van der Waals surface area contributed by atoms with Crippen LogP contribution in [0.4, 0.5) is 0 Å². The van der Waals surface area contributed by atoms with Gasteiger partial charge in [-0.15, -0.1) is 0 Å². The summed E-state index contributed by atoms with van der Waals surface area (Å²) in [7, 11) is 0. The average molecular weight is 278 g/mol. The molecular weight excluding hydrogens is 252 g/mol. The van der Waals surface area contributed by atoms with Crippen LogP contribution in [0.3, 0.4) is 0 Å². The molecular formula is C17H26O3. The molecule has 2 atom stereocenters. The second-order valence-corrected chi connectivity index (χ2v) is 6.70. The molecule has 3 nitrogen and oxygen atoms in total. The van der Waals surface area contributed by atoms with Crippen LogP contribution in [0.15, 0.2) is 23.3 Å². The Balaban J connectivity index is 2.09. The number of carbonyl (C=O) groups excluding carboxylic acids is 1. The lowest BCUT2D eigenvalue weighted by atomic mass is 9.72. The Labute approximate surface area is 122 Å². The molecule has 0 N–H and O–H groups in total. The first kappa shape index (κ1) is 15.3. The summed E-state index contributed by atoms with van der Waals surface area (Å²) >= 11 is 0. The van der Waals surface area contributed by atoms with Gasteiger partial charge in [0.15, 0.2) is 6.10 Å². The summed E-state index contributed by atoms with van der Waals surface area (Å²) in [5.41, 5.74) is 2.56. The topological polar surface area (TPSA) is 38.8 Å². The number of ether oxygens (including phenoxy) is 2. The van der Waals surface area contributed by atoms with Crippen LogP contribution in [0.2, 0.25) is 0 Å². The van der Waals surface area contributed by atoms with Crippen molar-refractivity contribution in [2.45, 2.75) is 65.6 Å². The molecule has 2 unspecified atom stereocenters. The van der Waals surface area contributed by atoms with Crippen LogP contribution < -0.4 is 0 Å². The molecule has 0 saturated carbocycles. The van der Waals surface area contributed by atoms with Gasteiger partial charge in [-0.25, -0.2) is 4.79 Å². The molecule has 0 aromatic rings. The molecule has 112 valence electrons. The van der Waals surface area contributed by atoms with Gasteiger partial charge in [0.2, 0.25) is 0 Å². The summed E-state index contributed by atoms with van der Waals surface area (Å²) in [5, 5.41) is 0. The zero-order valence-electron chi connectivity index (χ0n) is 13.3. The third-order valence-electron chi connectivity index (χ3n) is 4.46. The first-order valence-electron chi connectivity index (χ1n) is 7.54. The third-order valence-corrected chi connectivity index (χ3v) is 4.46. The molecule has 0 spiro atoms. The van der Waals surface area contributed by atoms with Gasteiger partial charge in [-0.2, -0.15) is 0 Å². The number of carbonyl (C=O) groups is 1. The fourth-order valence-corrected chi connectivity index (χ4v) is 3.11. The predicted molar refractivity (Wildman–Crippen MR) is 79.4 cm³/mol. The van der Waals surface area contributed by atoms with E-state index < -0.39 is 11.7 Å². The molecule has 2 aliphatic rings. The highest BCUT2D eigenvalue weighted by molar-refractivity contribution is 5.80. The SMILES string of the molecule is CCOC(=O)C1OC1(C)/C=C/C1=C(C)CCCC1(C)C. The molecule has 0 radical (unpaired) electrons. The van der Waals surface area contributed by atoms with Crippen molar-refractivity contribution in [1.82, 2.24) is 0 Å². The molecule has 2 rings (SSSR count). The lowest BCUT2D eigenvalue weighted by molar-refractivity contribution is -0.144. The van der Waals surface area contributed by atoms with E-state index in [1.54, 1.807) is 0 Å². The van der Waals surface area contributed by atoms with Gasteiger partial charge in [0.25, 0.3) is 0 Å². The molecule has 0 bridgehead atoms. The Morgan fingerprint density at radius 2 is 2.15 bits per heavy atom. The molecule has 1 heterocycles. The van der Waals surface area contributed by atoms with Crippen LogP contribution >= 0.6 is 0 Å². The maximum atomic E-state index is 11.7. The maximum absolute atomic E-state index is 11.7. The van der Waals surface area contributed by atoms with Crippen molar-refractivity contribution in [2.75, 3.05) is 6.61 Å². The van der Waals surface area contributed by atoms with E-state index in [-0.39, 0.29) is 11.4 Å². The van der Waals surface area contributed by atoms with Crippen molar-refractivity contribution in [3.05, 3.63) is 23.3 Å². The molecule has 0 aromatic heterocycles. The van der Waals surface area contributed by atoms with Crippen LogP contribution in [0.5, 0.6) is 0 Å². The second-order valence-electron chi connectivity index (χ2n) is 6.70. The summed E-state index contributed by atoms with van der Waals surface area (Å²) in [4.78, 5) is 11.7. The van der Waals surface area contributed by atoms with E-state index in [9.17, 15) is 4.79 Å². The summed E-state index contributed by atoms with van der Waals surface area (Å²) in [6.07, 6.45) is 7.39. The van der Waals surface area contributed by atoms with Gasteiger partial charge in [-0.1, -0.05) is 25.5 Å². The molecule has 3 heteroatoms. The summed E-state index contributed by atoms with van der Waals surface area (Å²) in [6.45, 7) is 10.9. The zero-order chi connectivity index (χ0) is 15.0. The first-order valence-corrected chi connectivity index (χ1v) is 7.54. The van der Waals surface area contributed by atoms with Gasteiger partial charge in [0.1, 0.15) is 5.60 Å². The second kappa shape index (κ2) is 5.36. The van der Waals surface area contributed by atoms with Crippen molar-refractivity contribution in [2.24, 2.45) is 5.41 Å². The van der Waals surface area contributed by atoms with Crippen molar-refractivity contribution >= 4 is 5.97 Å². The largest absolute Gasteiger partial charge is 0.464 e. The van der Waals surface area contributed by atoms with Crippen molar-refractivity contribution in [3.8, 4) is 0 Å². The van der Waals surface area contributed by atoms with Crippen molar-refractivity contribution in [3.63, 3.8) is 0 Å². The Morgan fingerprint density at radius 3 is 2.75 bits per heavy atom. The van der Waals surface area contributed by atoms with E-state index in [0.29, 0.717) is 6.61 Å². The highest BCUT2D eigenvalue weighted by atomic mass is 16.7. The number of esters is 1. The molecule has 0 amide bonds. The van der Waals surface area contributed by atoms with Gasteiger partial charge < -0.3 is 9.47 Å². The standard InChI is InChI=1S/C17H26O3/c1-6-19-15(18)14-17(5,20-14)11-9-13-12(2)8-7-10-16(13,3)4/h9,11,14H,6-8,10H2,1-5H3/b11-9+. The maximum Gasteiger partial charge on any atom is 0.338 e. The Hall–Kier alpha value is -1.09. The molecule has 20 heavy (non-hydrogen) atoms. The highest BCUT2D eigenvalue weighted by Crippen LogP contribution is 2.43. The van der Waals surface area contributed by atoms with E-state index in [0.717, 1.165) is 0 Å². The van der Waals surface area contributed by atoms with Gasteiger partial charge in [-0.3, -0.25) is 0 Å². The number of hydrogen-bond donors (Lipinski definition) is 0. The minimum atomic E-state index is -0.493. The monoisotopic (exact) mass is 278 g/mol. The summed E-state index contributed by atoms with van der Waals surface area (Å²) in [6, 6.07) is 0. The number of rotatable bonds is 4. The first-order chi connectivity index (χ1) is 9.30. The van der Waals surface area contributed by atoms with Crippen LogP contribution in [-0.2, 0) is 14.3 Å². The van der Waals surface area contributed by atoms with Crippen LogP contribution in [0, 0.1) is 5.41 Å². The average Bonchev–Trinajstić information content (AvgIpc) is 3.01. The van der Waals surface area contributed by atoms with Gasteiger partial charge in [0.05, 0.1) is 6.61 Å². The Morgan fingerprint density at radius 1 is 1.45 bits per heavy atom. The molecule has 1 aliphatic heterocycles. The number of hydrogen-bond acceptors (Lipinski definition) is 3. The smallest absolute Gasteiger partial charge is 0.338 e. The predicted octanol–water partition coefficient (Wildman–Crippen LogP) is 3.79. The highest BCUT2D eigenvalue weighted by Gasteiger charge is 2.56. The van der Waals surface area contributed by atoms with E-state index in [1.807, 2.05) is 19.9 Å². The van der Waals surface area contributed by atoms with Crippen molar-refractivity contribution in [1.29, 1.82) is 0 Å². The fourth-order valence-electron chi connectivity index (χ4n) is 3.11. The lowest BCUT2D eigenvalue weighted by Gasteiger charge is -2.33. The summed E-state index contributed by atoms with van der Waals surface area (Å²) < 4.78 is 10.5. The van der Waals surface area contributed by atoms with Crippen LogP contribution in [0.25, 0.3) is 0 Å². The van der Waals surface area contributed by atoms with Crippen molar-refractivity contribution < 1.29 is 14.3 Å². The molecule has 1 aliphatic carbocycles. The third kappa shape index (κ3) is 2.98. The Bertz CT molecular complexity index is 459. The van der Waals surface area contributed by atoms with E-state index in [4.69, 9.17) is 9.47 Å². The lowest BCUT2D eigenvalue weighted by Crippen LogP contribution is -2.21. The molecule has 1 fully saturated rings. The van der Waals surface area contributed by atoms with E-state index in [2.05, 4.69) is 26.8 Å². The minimum Gasteiger partial charge on any atom is -0.464 e. The fraction of sp³-hybridized carbons (Fsp3) is 0.706. The number of epoxide rings is 1. The minimum absolute atomic E-state index is 0.212.